The van der Waals surface area contributed by atoms with Gasteiger partial charge in [-0.05, 0) is 36.1 Å². The Bertz CT molecular complexity index is 589. The fourth-order valence-corrected chi connectivity index (χ4v) is 2.95. The predicted molar refractivity (Wildman–Crippen MR) is 84.0 cm³/mol. The first kappa shape index (κ1) is 13.6. The van der Waals surface area contributed by atoms with Crippen LogP contribution in [0.15, 0.2) is 42.5 Å². The SMILES string of the molecule is CCC1(C)CCOC(c2cccc3ccccc23)CN1. The Hall–Kier alpha value is -1.38. The predicted octanol–water partition coefficient (Wildman–Crippen LogP) is 4.06. The first-order chi connectivity index (χ1) is 9.72. The molecule has 2 atom stereocenters. The second-order valence-electron chi connectivity index (χ2n) is 5.97. The summed E-state index contributed by atoms with van der Waals surface area (Å²) < 4.78 is 6.13. The lowest BCUT2D eigenvalue weighted by molar-refractivity contribution is 0.0663. The number of benzene rings is 2. The fourth-order valence-electron chi connectivity index (χ4n) is 2.95. The van der Waals surface area contributed by atoms with Crippen molar-refractivity contribution >= 4 is 10.8 Å². The van der Waals surface area contributed by atoms with Crippen LogP contribution in [0.3, 0.4) is 0 Å². The van der Waals surface area contributed by atoms with E-state index in [2.05, 4.69) is 61.6 Å². The maximum Gasteiger partial charge on any atom is 0.0955 e. The minimum absolute atomic E-state index is 0.148. The lowest BCUT2D eigenvalue weighted by Gasteiger charge is -2.27. The molecule has 0 amide bonds. The first-order valence-electron chi connectivity index (χ1n) is 7.56. The molecule has 0 radical (unpaired) electrons. The third-order valence-corrected chi connectivity index (χ3v) is 4.64. The molecule has 1 aliphatic rings. The van der Waals surface area contributed by atoms with Crippen molar-refractivity contribution in [3.05, 3.63) is 48.0 Å². The van der Waals surface area contributed by atoms with Gasteiger partial charge in [-0.1, -0.05) is 49.4 Å². The van der Waals surface area contributed by atoms with Gasteiger partial charge >= 0.3 is 0 Å². The average molecular weight is 269 g/mol. The molecule has 1 fully saturated rings. The Morgan fingerprint density at radius 3 is 2.85 bits per heavy atom. The standard InChI is InChI=1S/C18H23NO/c1-3-18(2)11-12-20-17(13-19-18)16-10-6-8-14-7-4-5-9-15(14)16/h4-10,17,19H,3,11-13H2,1-2H3. The lowest BCUT2D eigenvalue weighted by Crippen LogP contribution is -2.42. The third kappa shape index (κ3) is 2.58. The summed E-state index contributed by atoms with van der Waals surface area (Å²) in [7, 11) is 0. The second kappa shape index (κ2) is 5.55. The Balaban J connectivity index is 1.92. The average Bonchev–Trinajstić information content (AvgIpc) is 2.69. The Morgan fingerprint density at radius 2 is 2.00 bits per heavy atom. The molecule has 1 heterocycles. The highest BCUT2D eigenvalue weighted by Gasteiger charge is 2.27. The molecule has 20 heavy (non-hydrogen) atoms. The van der Waals surface area contributed by atoms with Crippen molar-refractivity contribution in [1.82, 2.24) is 5.32 Å². The van der Waals surface area contributed by atoms with Crippen LogP contribution < -0.4 is 5.32 Å². The van der Waals surface area contributed by atoms with Gasteiger partial charge in [-0.3, -0.25) is 0 Å². The highest BCUT2D eigenvalue weighted by molar-refractivity contribution is 5.86. The van der Waals surface area contributed by atoms with Crippen molar-refractivity contribution in [3.63, 3.8) is 0 Å². The molecule has 2 aromatic rings. The van der Waals surface area contributed by atoms with Crippen molar-refractivity contribution < 1.29 is 4.74 Å². The molecule has 1 aliphatic heterocycles. The van der Waals surface area contributed by atoms with Crippen LogP contribution in [0.25, 0.3) is 10.8 Å². The van der Waals surface area contributed by atoms with Crippen LogP contribution in [0.2, 0.25) is 0 Å². The molecule has 0 saturated carbocycles. The minimum atomic E-state index is 0.148. The van der Waals surface area contributed by atoms with E-state index < -0.39 is 0 Å². The van der Waals surface area contributed by atoms with Gasteiger partial charge in [0.25, 0.3) is 0 Å². The van der Waals surface area contributed by atoms with Gasteiger partial charge in [0.1, 0.15) is 0 Å². The van der Waals surface area contributed by atoms with Crippen LogP contribution in [-0.2, 0) is 4.74 Å². The zero-order valence-corrected chi connectivity index (χ0v) is 12.4. The molecule has 1 saturated heterocycles. The largest absolute Gasteiger partial charge is 0.372 e. The molecule has 0 aliphatic carbocycles. The van der Waals surface area contributed by atoms with Gasteiger partial charge < -0.3 is 10.1 Å². The maximum absolute atomic E-state index is 6.13. The van der Waals surface area contributed by atoms with Crippen LogP contribution in [-0.4, -0.2) is 18.7 Å². The molecule has 0 bridgehead atoms. The van der Waals surface area contributed by atoms with Gasteiger partial charge in [0.2, 0.25) is 0 Å². The summed E-state index contributed by atoms with van der Waals surface area (Å²) in [5.41, 5.74) is 1.51. The van der Waals surface area contributed by atoms with Gasteiger partial charge in [-0.25, -0.2) is 0 Å². The summed E-state index contributed by atoms with van der Waals surface area (Å²) in [6.45, 7) is 6.25. The molecule has 106 valence electrons. The van der Waals surface area contributed by atoms with Crippen molar-refractivity contribution in [2.24, 2.45) is 0 Å². The van der Waals surface area contributed by atoms with E-state index >= 15 is 0 Å². The van der Waals surface area contributed by atoms with Gasteiger partial charge in [-0.15, -0.1) is 0 Å². The number of hydrogen-bond donors (Lipinski definition) is 1. The normalized spacial score (nSPS) is 27.4. The summed E-state index contributed by atoms with van der Waals surface area (Å²) in [4.78, 5) is 0. The van der Waals surface area contributed by atoms with Crippen LogP contribution >= 0.6 is 0 Å². The van der Waals surface area contributed by atoms with Gasteiger partial charge in [0.15, 0.2) is 0 Å². The molecule has 0 spiro atoms. The molecule has 2 unspecified atom stereocenters. The molecule has 2 aromatic carbocycles. The molecular weight excluding hydrogens is 246 g/mol. The summed E-state index contributed by atoms with van der Waals surface area (Å²) in [6.07, 6.45) is 2.36. The fraction of sp³-hybridized carbons (Fsp3) is 0.444. The number of rotatable bonds is 2. The monoisotopic (exact) mass is 269 g/mol. The van der Waals surface area contributed by atoms with E-state index in [4.69, 9.17) is 4.74 Å². The highest BCUT2D eigenvalue weighted by Crippen LogP contribution is 2.29. The van der Waals surface area contributed by atoms with Crippen LogP contribution in [0.1, 0.15) is 38.4 Å². The third-order valence-electron chi connectivity index (χ3n) is 4.64. The molecule has 1 N–H and O–H groups in total. The molecular formula is C18H23NO. The van der Waals surface area contributed by atoms with E-state index in [0.717, 1.165) is 26.0 Å². The molecule has 2 nitrogen and oxygen atoms in total. The Morgan fingerprint density at radius 1 is 1.20 bits per heavy atom. The maximum atomic E-state index is 6.13. The number of hydrogen-bond acceptors (Lipinski definition) is 2. The van der Waals surface area contributed by atoms with E-state index in [-0.39, 0.29) is 11.6 Å². The van der Waals surface area contributed by atoms with Crippen LogP contribution in [0, 0.1) is 0 Å². The summed E-state index contributed by atoms with van der Waals surface area (Å²) in [5.74, 6) is 0. The van der Waals surface area contributed by atoms with Gasteiger partial charge in [0.05, 0.1) is 6.10 Å². The minimum Gasteiger partial charge on any atom is -0.372 e. The summed E-state index contributed by atoms with van der Waals surface area (Å²) in [6, 6.07) is 15.0. The topological polar surface area (TPSA) is 21.3 Å². The van der Waals surface area contributed by atoms with E-state index in [1.807, 2.05) is 0 Å². The smallest absolute Gasteiger partial charge is 0.0955 e. The van der Waals surface area contributed by atoms with E-state index in [0.29, 0.717) is 0 Å². The van der Waals surface area contributed by atoms with Crippen LogP contribution in [0.4, 0.5) is 0 Å². The quantitative estimate of drug-likeness (QED) is 0.887. The van der Waals surface area contributed by atoms with Gasteiger partial charge in [0, 0.05) is 18.7 Å². The first-order valence-corrected chi connectivity index (χ1v) is 7.56. The zero-order chi connectivity index (χ0) is 14.0. The number of ether oxygens (including phenoxy) is 1. The van der Waals surface area contributed by atoms with Crippen molar-refractivity contribution in [1.29, 1.82) is 0 Å². The molecule has 0 aromatic heterocycles. The van der Waals surface area contributed by atoms with Crippen molar-refractivity contribution in [3.8, 4) is 0 Å². The molecule has 2 heteroatoms. The van der Waals surface area contributed by atoms with Crippen LogP contribution in [0.5, 0.6) is 0 Å². The number of fused-ring (bicyclic) bond motifs is 1. The Kier molecular flexibility index (Phi) is 3.77. The van der Waals surface area contributed by atoms with E-state index in [1.165, 1.54) is 16.3 Å². The highest BCUT2D eigenvalue weighted by atomic mass is 16.5. The van der Waals surface area contributed by atoms with E-state index in [9.17, 15) is 0 Å². The Labute approximate surface area is 121 Å². The van der Waals surface area contributed by atoms with Crippen molar-refractivity contribution in [2.75, 3.05) is 13.2 Å². The summed E-state index contributed by atoms with van der Waals surface area (Å²) >= 11 is 0. The molecule has 3 rings (SSSR count). The zero-order valence-electron chi connectivity index (χ0n) is 12.4. The second-order valence-corrected chi connectivity index (χ2v) is 5.97. The lowest BCUT2D eigenvalue weighted by atomic mass is 9.95. The van der Waals surface area contributed by atoms with E-state index in [1.54, 1.807) is 0 Å². The summed E-state index contributed by atoms with van der Waals surface area (Å²) in [5, 5.41) is 6.29. The van der Waals surface area contributed by atoms with Gasteiger partial charge in [-0.2, -0.15) is 0 Å². The van der Waals surface area contributed by atoms with Crippen molar-refractivity contribution in [2.45, 2.75) is 38.3 Å². The number of nitrogens with one attached hydrogen (secondary N) is 1.